The molecule has 0 aromatic heterocycles. The minimum Gasteiger partial charge on any atom is -0.497 e. The van der Waals surface area contributed by atoms with Crippen molar-refractivity contribution in [1.82, 2.24) is 0 Å². The largest absolute Gasteiger partial charge is 0.497 e. The molecule has 1 aromatic rings. The molecule has 44 heavy (non-hydrogen) atoms. The van der Waals surface area contributed by atoms with Gasteiger partial charge in [0.25, 0.3) is 0 Å². The van der Waals surface area contributed by atoms with E-state index in [1.165, 1.54) is 0 Å². The maximum absolute atomic E-state index is 13.4. The number of carbonyl (C=O) groups excluding carboxylic acids is 1. The highest BCUT2D eigenvalue weighted by Gasteiger charge is 2.51. The van der Waals surface area contributed by atoms with Gasteiger partial charge in [0, 0.05) is 29.4 Å². The van der Waals surface area contributed by atoms with Crippen LogP contribution >= 0.6 is 0 Å². The van der Waals surface area contributed by atoms with Crippen LogP contribution in [0.5, 0.6) is 5.75 Å². The second-order valence-electron chi connectivity index (χ2n) is 16.2. The lowest BCUT2D eigenvalue weighted by Crippen LogP contribution is -2.58. The molecule has 0 spiro atoms. The van der Waals surface area contributed by atoms with Crippen molar-refractivity contribution in [2.45, 2.75) is 129 Å². The number of ketones is 1. The first kappa shape index (κ1) is 35.7. The summed E-state index contributed by atoms with van der Waals surface area (Å²) in [5, 5.41) is 0. The number of rotatable bonds is 14. The monoisotopic (exact) mass is 662 g/mol. The van der Waals surface area contributed by atoms with Crippen LogP contribution in [0, 0.1) is 17.8 Å². The molecular weight excluding hydrogens is 605 g/mol. The van der Waals surface area contributed by atoms with E-state index in [9.17, 15) is 4.79 Å². The predicted molar refractivity (Wildman–Crippen MR) is 184 cm³/mol. The van der Waals surface area contributed by atoms with Gasteiger partial charge >= 0.3 is 0 Å². The molecule has 0 radical (unpaired) electrons. The summed E-state index contributed by atoms with van der Waals surface area (Å²) in [4.78, 5) is 13.4. The Balaban J connectivity index is 1.50. The van der Waals surface area contributed by atoms with E-state index in [1.807, 2.05) is 18.2 Å². The molecule has 0 bridgehead atoms. The van der Waals surface area contributed by atoms with Crippen LogP contribution in [0.15, 0.2) is 30.4 Å². The Morgan fingerprint density at radius 1 is 0.955 bits per heavy atom. The number of methoxy groups -OCH3 is 1. The van der Waals surface area contributed by atoms with Crippen LogP contribution in [0.2, 0.25) is 58.9 Å². The molecule has 2 heterocycles. The molecule has 7 nitrogen and oxygen atoms in total. The number of carbonyl (C=O) groups is 1. The summed E-state index contributed by atoms with van der Waals surface area (Å²) in [5.74, 6) is 1.13. The first-order valence-electron chi connectivity index (χ1n) is 16.5. The van der Waals surface area contributed by atoms with Crippen LogP contribution in [-0.2, 0) is 29.2 Å². The SMILES string of the molecule is C=C(C[C@@H]1OC[C@H](C[C@@H]2O[C@H]2[C@H](C)[C@H](C)O[Si](C)(C)C)[C@@H](O[Si](C)(C)C)[C@@H]1O[Si](C)(C)C)[C@H]1Cc2cc(OC)ccc2C1=O. The fourth-order valence-corrected chi connectivity index (χ4v) is 10.4. The highest BCUT2D eigenvalue weighted by atomic mass is 28.4. The van der Waals surface area contributed by atoms with Crippen molar-refractivity contribution >= 4 is 30.7 Å². The summed E-state index contributed by atoms with van der Waals surface area (Å²) in [5.41, 5.74) is 2.70. The third-order valence-corrected chi connectivity index (χ3v) is 11.9. The van der Waals surface area contributed by atoms with E-state index >= 15 is 0 Å². The fourth-order valence-electron chi connectivity index (χ4n) is 6.79. The van der Waals surface area contributed by atoms with Gasteiger partial charge in [-0.3, -0.25) is 4.79 Å². The Hall–Kier alpha value is -1.12. The van der Waals surface area contributed by atoms with E-state index in [0.29, 0.717) is 25.4 Å². The van der Waals surface area contributed by atoms with Crippen molar-refractivity contribution in [3.05, 3.63) is 41.5 Å². The lowest BCUT2D eigenvalue weighted by Gasteiger charge is -2.47. The normalized spacial score (nSPS) is 30.5. The first-order chi connectivity index (χ1) is 20.3. The minimum atomic E-state index is -1.98. The summed E-state index contributed by atoms with van der Waals surface area (Å²) < 4.78 is 38.7. The van der Waals surface area contributed by atoms with Crippen molar-refractivity contribution in [3.63, 3.8) is 0 Å². The van der Waals surface area contributed by atoms with Gasteiger partial charge in [-0.15, -0.1) is 0 Å². The lowest BCUT2D eigenvalue weighted by molar-refractivity contribution is -0.152. The molecule has 0 unspecified atom stereocenters. The van der Waals surface area contributed by atoms with Crippen molar-refractivity contribution in [2.75, 3.05) is 13.7 Å². The maximum Gasteiger partial charge on any atom is 0.184 e. The zero-order valence-corrected chi connectivity index (χ0v) is 32.3. The number of Topliss-reactive ketones (excluding diaryl/α,β-unsaturated/α-hetero) is 1. The average Bonchev–Trinajstić information content (AvgIpc) is 3.57. The van der Waals surface area contributed by atoms with E-state index in [0.717, 1.165) is 28.9 Å². The quantitative estimate of drug-likeness (QED) is 0.116. The molecule has 1 aromatic carbocycles. The number of epoxide rings is 1. The predicted octanol–water partition coefficient (Wildman–Crippen LogP) is 7.49. The molecule has 10 heteroatoms. The summed E-state index contributed by atoms with van der Waals surface area (Å²) in [6.07, 6.45) is 2.06. The third-order valence-electron chi connectivity index (χ3n) is 8.89. The van der Waals surface area contributed by atoms with E-state index < -0.39 is 25.0 Å². The topological polar surface area (TPSA) is 75.8 Å². The minimum absolute atomic E-state index is 0.100. The molecule has 2 fully saturated rings. The zero-order chi connectivity index (χ0) is 32.8. The van der Waals surface area contributed by atoms with Crippen molar-refractivity contribution < 1.29 is 32.3 Å². The van der Waals surface area contributed by atoms with E-state index in [-0.39, 0.29) is 54.2 Å². The summed E-state index contributed by atoms with van der Waals surface area (Å²) in [6, 6.07) is 5.72. The van der Waals surface area contributed by atoms with Gasteiger partial charge < -0.3 is 27.5 Å². The van der Waals surface area contributed by atoms with Crippen LogP contribution in [0.25, 0.3) is 0 Å². The first-order valence-corrected chi connectivity index (χ1v) is 26.7. The third kappa shape index (κ3) is 9.24. The van der Waals surface area contributed by atoms with Gasteiger partial charge in [-0.05, 0) is 109 Å². The Labute approximate surface area is 269 Å². The van der Waals surface area contributed by atoms with E-state index in [4.69, 9.17) is 27.5 Å². The second-order valence-corrected chi connectivity index (χ2v) is 29.6. The molecule has 0 saturated carbocycles. The van der Waals surface area contributed by atoms with Gasteiger partial charge in [0.05, 0.1) is 44.2 Å². The Kier molecular flexibility index (Phi) is 11.0. The molecule has 3 aliphatic rings. The van der Waals surface area contributed by atoms with Gasteiger partial charge in [0.15, 0.2) is 30.7 Å². The molecule has 4 rings (SSSR count). The Morgan fingerprint density at radius 2 is 1.59 bits per heavy atom. The van der Waals surface area contributed by atoms with E-state index in [2.05, 4.69) is 79.3 Å². The Morgan fingerprint density at radius 3 is 2.18 bits per heavy atom. The Bertz CT molecular complexity index is 1180. The van der Waals surface area contributed by atoms with Crippen LogP contribution in [-0.4, -0.2) is 81.1 Å². The molecule has 0 N–H and O–H groups in total. The average molecular weight is 663 g/mol. The van der Waals surface area contributed by atoms with Gasteiger partial charge in [0.1, 0.15) is 5.75 Å². The number of ether oxygens (including phenoxy) is 3. The summed E-state index contributed by atoms with van der Waals surface area (Å²) in [6.45, 7) is 29.6. The molecule has 248 valence electrons. The van der Waals surface area contributed by atoms with Crippen molar-refractivity contribution in [2.24, 2.45) is 17.8 Å². The number of benzene rings is 1. The van der Waals surface area contributed by atoms with Gasteiger partial charge in [-0.25, -0.2) is 0 Å². The highest BCUT2D eigenvalue weighted by molar-refractivity contribution is 6.70. The van der Waals surface area contributed by atoms with Gasteiger partial charge in [-0.1, -0.05) is 19.1 Å². The number of hydrogen-bond acceptors (Lipinski definition) is 7. The highest BCUT2D eigenvalue weighted by Crippen LogP contribution is 2.43. The van der Waals surface area contributed by atoms with Crippen LogP contribution in [0.1, 0.15) is 42.6 Å². The molecular formula is C34H58O7Si3. The lowest BCUT2D eigenvalue weighted by atomic mass is 9.83. The molecule has 1 aliphatic carbocycles. The van der Waals surface area contributed by atoms with Crippen molar-refractivity contribution in [3.8, 4) is 5.75 Å². The van der Waals surface area contributed by atoms with Gasteiger partial charge in [0.2, 0.25) is 0 Å². The van der Waals surface area contributed by atoms with Crippen LogP contribution < -0.4 is 4.74 Å². The standard InChI is InChI=1S/C34H58O7Si3/c1-21(28-18-24-17-26(36-4)14-15-27(24)31(28)35)16-29-34(41-44(11,12)13)33(40-43(8,9)10)25(20-37-29)19-30-32(38-30)22(2)23(3)39-42(5,6)7/h14-15,17,22-23,25,28-30,32-34H,1,16,18-20H2,2-13H3/t22-,23+,25+,28-,29+,30+,32+,33-,34-/m1/s1. The molecule has 9 atom stereocenters. The zero-order valence-electron chi connectivity index (χ0n) is 29.3. The number of fused-ring (bicyclic) bond motifs is 1. The molecule has 2 aliphatic heterocycles. The molecule has 2 saturated heterocycles. The second kappa shape index (κ2) is 13.5. The van der Waals surface area contributed by atoms with Crippen LogP contribution in [0.3, 0.4) is 0 Å². The van der Waals surface area contributed by atoms with E-state index in [1.54, 1.807) is 7.11 Å². The van der Waals surface area contributed by atoms with Gasteiger partial charge in [-0.2, -0.15) is 0 Å². The summed E-state index contributed by atoms with van der Waals surface area (Å²) in [7, 11) is -3.90. The maximum atomic E-state index is 13.4. The smallest absolute Gasteiger partial charge is 0.184 e. The number of hydrogen-bond donors (Lipinski definition) is 0. The molecule has 0 amide bonds. The van der Waals surface area contributed by atoms with Crippen LogP contribution in [0.4, 0.5) is 0 Å². The van der Waals surface area contributed by atoms with Crippen molar-refractivity contribution in [1.29, 1.82) is 0 Å². The fraction of sp³-hybridized carbons (Fsp3) is 0.735. The summed E-state index contributed by atoms with van der Waals surface area (Å²) >= 11 is 0.